The molecule has 0 unspecified atom stereocenters. The molecule has 0 spiro atoms. The molecule has 1 fully saturated rings. The Bertz CT molecular complexity index is 1490. The van der Waals surface area contributed by atoms with E-state index in [1.807, 2.05) is 6.92 Å². The molecule has 0 bridgehead atoms. The summed E-state index contributed by atoms with van der Waals surface area (Å²) in [5.41, 5.74) is 0.0217. The number of ether oxygens (including phenoxy) is 1. The Kier molecular flexibility index (Phi) is 8.59. The number of amides is 1. The number of halogens is 3. The smallest absolute Gasteiger partial charge is 0.377 e. The van der Waals surface area contributed by atoms with Crippen LogP contribution in [-0.2, 0) is 33.8 Å². The van der Waals surface area contributed by atoms with Gasteiger partial charge in [-0.3, -0.25) is 9.10 Å². The number of hydrogen-bond acceptors (Lipinski definition) is 8. The molecule has 4 rings (SSSR count). The number of pyridine rings is 1. The number of aryl methyl sites for hydroxylation is 2. The van der Waals surface area contributed by atoms with Gasteiger partial charge in [-0.15, -0.1) is 0 Å². The second-order valence-electron chi connectivity index (χ2n) is 9.40. The number of nitrogens with zero attached hydrogens (tertiary/aromatic N) is 5. The normalized spacial score (nSPS) is 16.1. The van der Waals surface area contributed by atoms with Crippen molar-refractivity contribution in [3.8, 4) is 0 Å². The maximum atomic E-state index is 13.8. The number of alkyl halides is 3. The predicted molar refractivity (Wildman–Crippen MR) is 143 cm³/mol. The highest BCUT2D eigenvalue weighted by atomic mass is 32.2. The molecule has 3 heterocycles. The summed E-state index contributed by atoms with van der Waals surface area (Å²) in [6.07, 6.45) is -1.68. The third-order valence-electron chi connectivity index (χ3n) is 6.46. The second-order valence-corrected chi connectivity index (χ2v) is 11.4. The van der Waals surface area contributed by atoms with Crippen LogP contribution >= 0.6 is 0 Å². The third-order valence-corrected chi connectivity index (χ3v) is 7.63. The van der Waals surface area contributed by atoms with Gasteiger partial charge in [0.05, 0.1) is 36.8 Å². The van der Waals surface area contributed by atoms with Crippen molar-refractivity contribution in [2.24, 2.45) is 0 Å². The van der Waals surface area contributed by atoms with Gasteiger partial charge in [-0.05, 0) is 49.6 Å². The van der Waals surface area contributed by atoms with Crippen molar-refractivity contribution < 1.29 is 31.1 Å². The number of anilines is 3. The van der Waals surface area contributed by atoms with E-state index < -0.39 is 21.8 Å². The molecule has 14 heteroatoms. The molecule has 214 valence electrons. The van der Waals surface area contributed by atoms with Gasteiger partial charge in [0.25, 0.3) is 5.91 Å². The van der Waals surface area contributed by atoms with Crippen molar-refractivity contribution in [2.75, 3.05) is 42.7 Å². The van der Waals surface area contributed by atoms with E-state index in [1.165, 1.54) is 13.2 Å². The third kappa shape index (κ3) is 6.86. The van der Waals surface area contributed by atoms with Gasteiger partial charge in [0.15, 0.2) is 0 Å². The summed E-state index contributed by atoms with van der Waals surface area (Å²) in [7, 11) is -2.31. The van der Waals surface area contributed by atoms with Gasteiger partial charge >= 0.3 is 6.18 Å². The minimum absolute atomic E-state index is 0.0459. The molecule has 0 saturated carbocycles. The largest absolute Gasteiger partial charge is 0.419 e. The van der Waals surface area contributed by atoms with Crippen LogP contribution in [0.3, 0.4) is 0 Å². The van der Waals surface area contributed by atoms with Crippen LogP contribution in [0.25, 0.3) is 0 Å². The lowest BCUT2D eigenvalue weighted by Crippen LogP contribution is -2.47. The molecular weight excluding hydrogens is 549 g/mol. The highest BCUT2D eigenvalue weighted by Crippen LogP contribution is 2.32. The summed E-state index contributed by atoms with van der Waals surface area (Å²) < 4.78 is 71.8. The number of nitrogens with one attached hydrogen (secondary N) is 1. The number of morpholine rings is 1. The lowest BCUT2D eigenvalue weighted by atomic mass is 10.1. The maximum absolute atomic E-state index is 13.8. The average Bonchev–Trinajstić information content (AvgIpc) is 2.90. The molecule has 10 nitrogen and oxygen atoms in total. The van der Waals surface area contributed by atoms with Crippen molar-refractivity contribution in [1.82, 2.24) is 19.9 Å². The van der Waals surface area contributed by atoms with Crippen molar-refractivity contribution in [2.45, 2.75) is 32.0 Å². The Morgan fingerprint density at radius 2 is 1.98 bits per heavy atom. The Labute approximate surface area is 230 Å². The summed E-state index contributed by atoms with van der Waals surface area (Å²) in [6.45, 7) is 3.24. The molecule has 1 aliphatic heterocycles. The van der Waals surface area contributed by atoms with E-state index in [9.17, 15) is 26.4 Å². The van der Waals surface area contributed by atoms with E-state index in [0.717, 1.165) is 10.6 Å². The molecule has 1 saturated heterocycles. The molecule has 2 aromatic heterocycles. The topological polar surface area (TPSA) is 118 Å². The molecule has 1 amide bonds. The molecule has 1 N–H and O–H groups in total. The molecule has 0 aliphatic carbocycles. The fourth-order valence-corrected chi connectivity index (χ4v) is 4.76. The minimum atomic E-state index is -4.70. The zero-order valence-electron chi connectivity index (χ0n) is 22.1. The first-order valence-electron chi connectivity index (χ1n) is 12.4. The number of benzene rings is 1. The number of aromatic nitrogens is 3. The van der Waals surface area contributed by atoms with Crippen molar-refractivity contribution in [3.63, 3.8) is 0 Å². The minimum Gasteiger partial charge on any atom is -0.377 e. The van der Waals surface area contributed by atoms with Crippen LogP contribution in [0.2, 0.25) is 0 Å². The molecule has 1 aliphatic rings. The van der Waals surface area contributed by atoms with E-state index in [2.05, 4.69) is 20.3 Å². The van der Waals surface area contributed by atoms with Gasteiger partial charge in [0.1, 0.15) is 5.82 Å². The average molecular weight is 579 g/mol. The van der Waals surface area contributed by atoms with Crippen molar-refractivity contribution in [1.29, 1.82) is 0 Å². The van der Waals surface area contributed by atoms with Crippen molar-refractivity contribution in [3.05, 3.63) is 71.2 Å². The van der Waals surface area contributed by atoms with Gasteiger partial charge in [0, 0.05) is 37.2 Å². The summed E-state index contributed by atoms with van der Waals surface area (Å²) in [5.74, 6) is -0.131. The second kappa shape index (κ2) is 11.8. The van der Waals surface area contributed by atoms with Crippen LogP contribution in [0.1, 0.15) is 34.1 Å². The zero-order valence-corrected chi connectivity index (χ0v) is 23.0. The fraction of sp³-hybridized carbons (Fsp3) is 0.385. The standard InChI is InChI=1S/C26H29F3N6O4S/c1-17-16-39-13-12-35(17)24(36)19-6-4-8-20(14-19)32-25-31-15-21(26(27,28)29)22(33-25)10-9-18-7-5-11-30-23(18)34(2)40(3,37)38/h4-8,11,14-15,17H,9-10,12-13,16H2,1-3H3,(H,31,32,33)/t17-/m0/s1. The van der Waals surface area contributed by atoms with Crippen LogP contribution in [0.15, 0.2) is 48.8 Å². The number of rotatable bonds is 8. The first-order valence-corrected chi connectivity index (χ1v) is 14.3. The zero-order chi connectivity index (χ0) is 29.1. The van der Waals surface area contributed by atoms with Crippen molar-refractivity contribution >= 4 is 33.4 Å². The summed E-state index contributed by atoms with van der Waals surface area (Å²) in [5, 5.41) is 2.90. The van der Waals surface area contributed by atoms with Crippen LogP contribution in [0.4, 0.5) is 30.6 Å². The lowest BCUT2D eigenvalue weighted by molar-refractivity contribution is -0.138. The maximum Gasteiger partial charge on any atom is 0.419 e. The molecule has 1 aromatic carbocycles. The summed E-state index contributed by atoms with van der Waals surface area (Å²) in [6, 6.07) is 9.67. The first-order chi connectivity index (χ1) is 18.8. The quantitative estimate of drug-likeness (QED) is 0.430. The molecular formula is C26H29F3N6O4S. The van der Waals surface area contributed by atoms with E-state index in [4.69, 9.17) is 4.74 Å². The summed E-state index contributed by atoms with van der Waals surface area (Å²) in [4.78, 5) is 26.8. The van der Waals surface area contributed by atoms with Gasteiger partial charge in [-0.25, -0.2) is 23.4 Å². The number of sulfonamides is 1. The van der Waals surface area contributed by atoms with E-state index in [-0.39, 0.29) is 42.3 Å². The first kappa shape index (κ1) is 29.2. The molecule has 0 radical (unpaired) electrons. The Hall–Kier alpha value is -3.78. The van der Waals surface area contributed by atoms with Crippen LogP contribution in [0, 0.1) is 0 Å². The molecule has 3 aromatic rings. The molecule has 40 heavy (non-hydrogen) atoms. The predicted octanol–water partition coefficient (Wildman–Crippen LogP) is 3.68. The monoisotopic (exact) mass is 578 g/mol. The number of hydrogen-bond donors (Lipinski definition) is 1. The van der Waals surface area contributed by atoms with E-state index in [1.54, 1.807) is 41.3 Å². The Morgan fingerprint density at radius 1 is 1.20 bits per heavy atom. The van der Waals surface area contributed by atoms with Gasteiger partial charge in [-0.1, -0.05) is 12.1 Å². The highest BCUT2D eigenvalue weighted by molar-refractivity contribution is 7.92. The Morgan fingerprint density at radius 3 is 2.67 bits per heavy atom. The summed E-state index contributed by atoms with van der Waals surface area (Å²) >= 11 is 0. The van der Waals surface area contributed by atoms with Gasteiger partial charge in [-0.2, -0.15) is 13.2 Å². The van der Waals surface area contributed by atoms with Crippen LogP contribution in [-0.4, -0.2) is 73.3 Å². The number of carbonyl (C=O) groups is 1. The fourth-order valence-electron chi connectivity index (χ4n) is 4.28. The number of carbonyl (C=O) groups excluding carboxylic acids is 1. The van der Waals surface area contributed by atoms with E-state index in [0.29, 0.717) is 42.8 Å². The SMILES string of the molecule is C[C@H]1COCCN1C(=O)c1cccc(Nc2ncc(C(F)(F)F)c(CCc3cccnc3N(C)S(C)(=O)=O)n2)c1. The lowest BCUT2D eigenvalue weighted by Gasteiger charge is -2.33. The highest BCUT2D eigenvalue weighted by Gasteiger charge is 2.35. The van der Waals surface area contributed by atoms with Gasteiger partial charge in [0.2, 0.25) is 16.0 Å². The van der Waals surface area contributed by atoms with Crippen LogP contribution in [0.5, 0.6) is 0 Å². The van der Waals surface area contributed by atoms with Gasteiger partial charge < -0.3 is 15.0 Å². The Balaban J connectivity index is 1.58. The molecule has 1 atom stereocenters. The van der Waals surface area contributed by atoms with E-state index >= 15 is 0 Å². The van der Waals surface area contributed by atoms with Crippen LogP contribution < -0.4 is 9.62 Å².